The van der Waals surface area contributed by atoms with Crippen molar-refractivity contribution >= 4 is 11.8 Å². The van der Waals surface area contributed by atoms with Crippen molar-refractivity contribution in [1.29, 1.82) is 5.41 Å². The van der Waals surface area contributed by atoms with Crippen LogP contribution in [-0.2, 0) is 6.42 Å². The van der Waals surface area contributed by atoms with Crippen LogP contribution in [0.3, 0.4) is 0 Å². The first-order chi connectivity index (χ1) is 6.31. The van der Waals surface area contributed by atoms with E-state index in [1.807, 2.05) is 12.1 Å². The Kier molecular flexibility index (Phi) is 3.26. The Morgan fingerprint density at radius 2 is 2.08 bits per heavy atom. The van der Waals surface area contributed by atoms with Crippen molar-refractivity contribution < 1.29 is 1.43 Å². The van der Waals surface area contributed by atoms with Crippen LogP contribution in [0, 0.1) is 5.41 Å². The van der Waals surface area contributed by atoms with Crippen molar-refractivity contribution in [3.8, 4) is 0 Å². The Morgan fingerprint density at radius 3 is 2.46 bits per heavy atom. The fourth-order valence-corrected chi connectivity index (χ4v) is 1.16. The SMILES string of the molecule is CCc1ccc(/C(C=N)=C/N)cc1.[HH]. The minimum absolute atomic E-state index is 0. The first-order valence-corrected chi connectivity index (χ1v) is 4.33. The van der Waals surface area contributed by atoms with Gasteiger partial charge in [-0.05, 0) is 17.5 Å². The van der Waals surface area contributed by atoms with Crippen LogP contribution >= 0.6 is 0 Å². The zero-order chi connectivity index (χ0) is 9.68. The van der Waals surface area contributed by atoms with E-state index in [1.54, 1.807) is 0 Å². The molecule has 1 aromatic carbocycles. The predicted octanol–water partition coefficient (Wildman–Crippen LogP) is 2.44. The van der Waals surface area contributed by atoms with Gasteiger partial charge in [0.05, 0.1) is 0 Å². The number of nitrogens with one attached hydrogen (secondary N) is 1. The van der Waals surface area contributed by atoms with Gasteiger partial charge in [0, 0.05) is 19.4 Å². The molecule has 3 N–H and O–H groups in total. The van der Waals surface area contributed by atoms with Gasteiger partial charge in [0.2, 0.25) is 0 Å². The molecule has 0 aliphatic heterocycles. The van der Waals surface area contributed by atoms with Crippen LogP contribution in [0.15, 0.2) is 30.5 Å². The molecule has 0 atom stereocenters. The zero-order valence-corrected chi connectivity index (χ0v) is 7.75. The summed E-state index contributed by atoms with van der Waals surface area (Å²) in [7, 11) is 0. The molecule has 1 rings (SSSR count). The van der Waals surface area contributed by atoms with Gasteiger partial charge in [-0.2, -0.15) is 0 Å². The van der Waals surface area contributed by atoms with Gasteiger partial charge in [-0.3, -0.25) is 0 Å². The summed E-state index contributed by atoms with van der Waals surface area (Å²) in [6.07, 6.45) is 3.75. The number of allylic oxidation sites excluding steroid dienone is 1. The van der Waals surface area contributed by atoms with Crippen molar-refractivity contribution in [3.63, 3.8) is 0 Å². The third kappa shape index (κ3) is 2.18. The molecule has 1 aromatic rings. The van der Waals surface area contributed by atoms with E-state index in [0.29, 0.717) is 0 Å². The van der Waals surface area contributed by atoms with Crippen LogP contribution in [0.5, 0.6) is 0 Å². The summed E-state index contributed by atoms with van der Waals surface area (Å²) >= 11 is 0. The molecule has 0 unspecified atom stereocenters. The first-order valence-electron chi connectivity index (χ1n) is 4.33. The molecule has 0 aliphatic carbocycles. The lowest BCUT2D eigenvalue weighted by Crippen LogP contribution is -1.90. The van der Waals surface area contributed by atoms with Gasteiger partial charge >= 0.3 is 0 Å². The molecule has 0 amide bonds. The summed E-state index contributed by atoms with van der Waals surface area (Å²) < 4.78 is 0. The highest BCUT2D eigenvalue weighted by molar-refractivity contribution is 6.08. The van der Waals surface area contributed by atoms with Crippen molar-refractivity contribution in [1.82, 2.24) is 0 Å². The van der Waals surface area contributed by atoms with E-state index in [2.05, 4.69) is 19.1 Å². The molecule has 0 aromatic heterocycles. The lowest BCUT2D eigenvalue weighted by atomic mass is 10.0. The molecular weight excluding hydrogens is 160 g/mol. The van der Waals surface area contributed by atoms with Gasteiger partial charge in [-0.25, -0.2) is 0 Å². The van der Waals surface area contributed by atoms with Crippen molar-refractivity contribution in [2.75, 3.05) is 0 Å². The molecule has 0 aliphatic rings. The van der Waals surface area contributed by atoms with Crippen LogP contribution in [0.1, 0.15) is 19.5 Å². The molecule has 2 heteroatoms. The molecule has 0 radical (unpaired) electrons. The van der Waals surface area contributed by atoms with Crippen LogP contribution < -0.4 is 5.73 Å². The van der Waals surface area contributed by atoms with E-state index in [0.717, 1.165) is 17.6 Å². The third-order valence-electron chi connectivity index (χ3n) is 2.03. The number of nitrogens with two attached hydrogens (primary N) is 1. The number of benzene rings is 1. The molecule has 0 fully saturated rings. The van der Waals surface area contributed by atoms with Crippen LogP contribution in [-0.4, -0.2) is 6.21 Å². The normalized spacial score (nSPS) is 11.3. The quantitative estimate of drug-likeness (QED) is 0.683. The number of aryl methyl sites for hydroxylation is 1. The van der Waals surface area contributed by atoms with E-state index in [4.69, 9.17) is 11.1 Å². The minimum atomic E-state index is 0. The lowest BCUT2D eigenvalue weighted by molar-refractivity contribution is 1.14. The Morgan fingerprint density at radius 1 is 1.46 bits per heavy atom. The topological polar surface area (TPSA) is 49.9 Å². The Hall–Kier alpha value is -1.57. The van der Waals surface area contributed by atoms with Gasteiger partial charge in [0.15, 0.2) is 0 Å². The molecule has 0 spiro atoms. The second kappa shape index (κ2) is 4.45. The number of hydrogen-bond donors (Lipinski definition) is 2. The molecule has 13 heavy (non-hydrogen) atoms. The largest absolute Gasteiger partial charge is 0.404 e. The van der Waals surface area contributed by atoms with Gasteiger partial charge in [-0.15, -0.1) is 0 Å². The van der Waals surface area contributed by atoms with E-state index >= 15 is 0 Å². The number of hydrogen-bond acceptors (Lipinski definition) is 2. The standard InChI is InChI=1S/C11H14N2.H2/c1-2-9-3-5-10(6-4-9)11(7-12)8-13;/h3-8,12H,2,13H2,1H3;1H/b11-8+,12-7?;. The van der Waals surface area contributed by atoms with Gasteiger partial charge in [-0.1, -0.05) is 31.2 Å². The summed E-state index contributed by atoms with van der Waals surface area (Å²) in [6.45, 7) is 2.12. The highest BCUT2D eigenvalue weighted by Crippen LogP contribution is 2.12. The summed E-state index contributed by atoms with van der Waals surface area (Å²) in [4.78, 5) is 0. The fraction of sp³-hybridized carbons (Fsp3) is 0.182. The Balaban J connectivity index is 0.00000169. The molecule has 0 heterocycles. The summed E-state index contributed by atoms with van der Waals surface area (Å²) in [5.41, 5.74) is 8.42. The molecule has 2 nitrogen and oxygen atoms in total. The molecule has 0 bridgehead atoms. The molecule has 70 valence electrons. The smallest absolute Gasteiger partial charge is 0.0270 e. The first kappa shape index (κ1) is 9.52. The maximum absolute atomic E-state index is 7.12. The third-order valence-corrected chi connectivity index (χ3v) is 2.03. The molecule has 0 saturated heterocycles. The summed E-state index contributed by atoms with van der Waals surface area (Å²) in [6, 6.07) is 8.09. The molecular formula is C11H16N2. The number of rotatable bonds is 3. The average Bonchev–Trinajstić information content (AvgIpc) is 2.21. The maximum Gasteiger partial charge on any atom is 0.0270 e. The maximum atomic E-state index is 7.12. The second-order valence-electron chi connectivity index (χ2n) is 2.82. The van der Waals surface area contributed by atoms with E-state index in [-0.39, 0.29) is 1.43 Å². The van der Waals surface area contributed by atoms with Gasteiger partial charge in [0.1, 0.15) is 0 Å². The van der Waals surface area contributed by atoms with Gasteiger partial charge in [0.25, 0.3) is 0 Å². The van der Waals surface area contributed by atoms with Crippen LogP contribution in [0.25, 0.3) is 5.57 Å². The Labute approximate surface area is 80.1 Å². The summed E-state index contributed by atoms with van der Waals surface area (Å²) in [5.74, 6) is 0. The van der Waals surface area contributed by atoms with E-state index in [1.165, 1.54) is 18.0 Å². The van der Waals surface area contributed by atoms with E-state index < -0.39 is 0 Å². The van der Waals surface area contributed by atoms with Crippen molar-refractivity contribution in [2.24, 2.45) is 5.73 Å². The van der Waals surface area contributed by atoms with Crippen molar-refractivity contribution in [2.45, 2.75) is 13.3 Å². The highest BCUT2D eigenvalue weighted by Gasteiger charge is 1.96. The van der Waals surface area contributed by atoms with E-state index in [9.17, 15) is 0 Å². The summed E-state index contributed by atoms with van der Waals surface area (Å²) in [5, 5.41) is 7.12. The zero-order valence-electron chi connectivity index (χ0n) is 7.75. The second-order valence-corrected chi connectivity index (χ2v) is 2.82. The predicted molar refractivity (Wildman–Crippen MR) is 58.9 cm³/mol. The minimum Gasteiger partial charge on any atom is -0.404 e. The van der Waals surface area contributed by atoms with Gasteiger partial charge < -0.3 is 11.1 Å². The fourth-order valence-electron chi connectivity index (χ4n) is 1.16. The van der Waals surface area contributed by atoms with Crippen molar-refractivity contribution in [3.05, 3.63) is 41.6 Å². The Bertz CT molecular complexity index is 315. The monoisotopic (exact) mass is 176 g/mol. The van der Waals surface area contributed by atoms with Crippen LogP contribution in [0.4, 0.5) is 0 Å². The lowest BCUT2D eigenvalue weighted by Gasteiger charge is -2.01. The highest BCUT2D eigenvalue weighted by atomic mass is 14.5. The average molecular weight is 176 g/mol. The van der Waals surface area contributed by atoms with Crippen LogP contribution in [0.2, 0.25) is 0 Å². The molecule has 0 saturated carbocycles.